The molecule has 0 atom stereocenters. The molecule has 0 saturated carbocycles. The molecule has 2 aromatic carbocycles. The molecule has 0 bridgehead atoms. The number of carbonyl (C=O) groups excluding carboxylic acids is 1. The molecule has 20 heavy (non-hydrogen) atoms. The summed E-state index contributed by atoms with van der Waals surface area (Å²) in [6.45, 7) is 2.01. The van der Waals surface area contributed by atoms with Gasteiger partial charge in [0.15, 0.2) is 0 Å². The molecule has 100 valence electrons. The van der Waals surface area contributed by atoms with E-state index < -0.39 is 0 Å². The van der Waals surface area contributed by atoms with Crippen LogP contribution < -0.4 is 5.32 Å². The third kappa shape index (κ3) is 3.96. The maximum Gasteiger partial charge on any atom is 0.224 e. The highest BCUT2D eigenvalue weighted by molar-refractivity contribution is 5.90. The average molecular weight is 264 g/mol. The lowest BCUT2D eigenvalue weighted by atomic mass is 10.1. The van der Waals surface area contributed by atoms with Gasteiger partial charge in [-0.3, -0.25) is 4.79 Å². The van der Waals surface area contributed by atoms with Gasteiger partial charge in [0.25, 0.3) is 0 Å². The van der Waals surface area contributed by atoms with Crippen LogP contribution in [0.5, 0.6) is 0 Å². The summed E-state index contributed by atoms with van der Waals surface area (Å²) in [6.07, 6.45) is 1.10. The molecule has 0 aliphatic carbocycles. The molecule has 0 aliphatic heterocycles. The van der Waals surface area contributed by atoms with Gasteiger partial charge in [0.05, 0.1) is 11.6 Å². The fourth-order valence-corrected chi connectivity index (χ4v) is 1.86. The Balaban J connectivity index is 1.85. The van der Waals surface area contributed by atoms with Crippen molar-refractivity contribution in [3.8, 4) is 6.07 Å². The Morgan fingerprint density at radius 1 is 1.10 bits per heavy atom. The molecule has 1 amide bonds. The van der Waals surface area contributed by atoms with Crippen molar-refractivity contribution in [2.24, 2.45) is 0 Å². The molecule has 0 aliphatic rings. The highest BCUT2D eigenvalue weighted by Gasteiger charge is 2.03. The van der Waals surface area contributed by atoms with Crippen molar-refractivity contribution in [2.45, 2.75) is 19.8 Å². The summed E-state index contributed by atoms with van der Waals surface area (Å²) in [5, 5.41) is 11.6. The van der Waals surface area contributed by atoms with Gasteiger partial charge in [-0.05, 0) is 43.2 Å². The van der Waals surface area contributed by atoms with E-state index in [-0.39, 0.29) is 5.91 Å². The van der Waals surface area contributed by atoms with Gasteiger partial charge < -0.3 is 5.32 Å². The van der Waals surface area contributed by atoms with Crippen LogP contribution in [0.1, 0.15) is 23.1 Å². The minimum Gasteiger partial charge on any atom is -0.326 e. The fraction of sp³-hybridized carbons (Fsp3) is 0.176. The van der Waals surface area contributed by atoms with Gasteiger partial charge >= 0.3 is 0 Å². The average Bonchev–Trinajstić information content (AvgIpc) is 2.48. The molecule has 2 aromatic rings. The molecule has 0 unspecified atom stereocenters. The molecular weight excluding hydrogens is 248 g/mol. The van der Waals surface area contributed by atoms with E-state index in [1.165, 1.54) is 5.56 Å². The summed E-state index contributed by atoms with van der Waals surface area (Å²) in [5.74, 6) is -0.00165. The van der Waals surface area contributed by atoms with E-state index in [1.807, 2.05) is 43.3 Å². The number of nitrogens with zero attached hydrogens (tertiary/aromatic N) is 1. The first kappa shape index (κ1) is 13.8. The molecule has 3 nitrogen and oxygen atoms in total. The molecule has 2 rings (SSSR count). The van der Waals surface area contributed by atoms with Gasteiger partial charge in [-0.2, -0.15) is 5.26 Å². The number of hydrogen-bond donors (Lipinski definition) is 1. The number of anilines is 1. The van der Waals surface area contributed by atoms with E-state index in [9.17, 15) is 4.79 Å². The van der Waals surface area contributed by atoms with Gasteiger partial charge in [0.1, 0.15) is 0 Å². The van der Waals surface area contributed by atoms with Gasteiger partial charge in [-0.25, -0.2) is 0 Å². The van der Waals surface area contributed by atoms with Gasteiger partial charge in [0, 0.05) is 12.1 Å². The number of amides is 1. The van der Waals surface area contributed by atoms with Crippen LogP contribution in [-0.4, -0.2) is 5.91 Å². The van der Waals surface area contributed by atoms with Crippen molar-refractivity contribution in [3.05, 3.63) is 65.2 Å². The highest BCUT2D eigenvalue weighted by atomic mass is 16.1. The number of nitrogens with one attached hydrogen (secondary N) is 1. The zero-order valence-electron chi connectivity index (χ0n) is 11.4. The Kier molecular flexibility index (Phi) is 4.52. The third-order valence-corrected chi connectivity index (χ3v) is 3.06. The largest absolute Gasteiger partial charge is 0.326 e. The monoisotopic (exact) mass is 264 g/mol. The van der Waals surface area contributed by atoms with Crippen LogP contribution in [0.2, 0.25) is 0 Å². The molecule has 0 radical (unpaired) electrons. The third-order valence-electron chi connectivity index (χ3n) is 3.06. The summed E-state index contributed by atoms with van der Waals surface area (Å²) < 4.78 is 0. The van der Waals surface area contributed by atoms with Crippen molar-refractivity contribution in [1.29, 1.82) is 5.26 Å². The summed E-state index contributed by atoms with van der Waals surface area (Å²) in [5.41, 5.74) is 3.68. The molecule has 0 fully saturated rings. The van der Waals surface area contributed by atoms with Crippen molar-refractivity contribution in [1.82, 2.24) is 0 Å². The second-order valence-corrected chi connectivity index (χ2v) is 4.72. The second kappa shape index (κ2) is 6.53. The second-order valence-electron chi connectivity index (χ2n) is 4.72. The van der Waals surface area contributed by atoms with E-state index >= 15 is 0 Å². The zero-order valence-corrected chi connectivity index (χ0v) is 11.4. The Hall–Kier alpha value is -2.60. The normalized spacial score (nSPS) is 9.80. The van der Waals surface area contributed by atoms with Crippen molar-refractivity contribution in [2.75, 3.05) is 5.32 Å². The maximum atomic E-state index is 11.8. The van der Waals surface area contributed by atoms with Crippen molar-refractivity contribution in [3.63, 3.8) is 0 Å². The first-order chi connectivity index (χ1) is 9.67. The van der Waals surface area contributed by atoms with Crippen molar-refractivity contribution < 1.29 is 4.79 Å². The molecular formula is C17H16N2O. The predicted molar refractivity (Wildman–Crippen MR) is 79.3 cm³/mol. The predicted octanol–water partition coefficient (Wildman–Crippen LogP) is 3.44. The van der Waals surface area contributed by atoms with E-state index in [1.54, 1.807) is 12.1 Å². The topological polar surface area (TPSA) is 52.9 Å². The highest BCUT2D eigenvalue weighted by Crippen LogP contribution is 2.10. The van der Waals surface area contributed by atoms with Crippen LogP contribution in [0.25, 0.3) is 0 Å². The Labute approximate surface area is 118 Å². The molecule has 0 aromatic heterocycles. The SMILES string of the molecule is Cc1ccc(NC(=O)CCc2ccc(C#N)cc2)cc1. The molecule has 0 spiro atoms. The lowest BCUT2D eigenvalue weighted by molar-refractivity contribution is -0.116. The Morgan fingerprint density at radius 2 is 1.75 bits per heavy atom. The smallest absolute Gasteiger partial charge is 0.224 e. The molecule has 0 heterocycles. The Bertz CT molecular complexity index is 622. The first-order valence-corrected chi connectivity index (χ1v) is 6.53. The van der Waals surface area contributed by atoms with Crippen LogP contribution in [-0.2, 0) is 11.2 Å². The van der Waals surface area contributed by atoms with Crippen molar-refractivity contribution >= 4 is 11.6 Å². The number of aryl methyl sites for hydroxylation is 2. The van der Waals surface area contributed by atoms with Crippen LogP contribution in [0.4, 0.5) is 5.69 Å². The zero-order chi connectivity index (χ0) is 14.4. The maximum absolute atomic E-state index is 11.8. The fourth-order valence-electron chi connectivity index (χ4n) is 1.86. The lowest BCUT2D eigenvalue weighted by Gasteiger charge is -2.05. The van der Waals surface area contributed by atoms with Gasteiger partial charge in [-0.1, -0.05) is 29.8 Å². The van der Waals surface area contributed by atoms with E-state index in [2.05, 4.69) is 11.4 Å². The van der Waals surface area contributed by atoms with E-state index in [0.717, 1.165) is 11.3 Å². The molecule has 1 N–H and O–H groups in total. The lowest BCUT2D eigenvalue weighted by Crippen LogP contribution is -2.12. The van der Waals surface area contributed by atoms with Crippen LogP contribution in [0, 0.1) is 18.3 Å². The summed E-state index contributed by atoms with van der Waals surface area (Å²) in [7, 11) is 0. The molecule has 0 saturated heterocycles. The number of rotatable bonds is 4. The van der Waals surface area contributed by atoms with Crippen LogP contribution in [0.3, 0.4) is 0 Å². The first-order valence-electron chi connectivity index (χ1n) is 6.53. The Morgan fingerprint density at radius 3 is 2.35 bits per heavy atom. The minimum absolute atomic E-state index is 0.00165. The molecule has 3 heteroatoms. The van der Waals surface area contributed by atoms with Gasteiger partial charge in [-0.15, -0.1) is 0 Å². The summed E-state index contributed by atoms with van der Waals surface area (Å²) >= 11 is 0. The van der Waals surface area contributed by atoms with E-state index in [4.69, 9.17) is 5.26 Å². The number of carbonyl (C=O) groups is 1. The number of nitriles is 1. The van der Waals surface area contributed by atoms with Crippen LogP contribution >= 0.6 is 0 Å². The summed E-state index contributed by atoms with van der Waals surface area (Å²) in [4.78, 5) is 11.8. The van der Waals surface area contributed by atoms with E-state index in [0.29, 0.717) is 18.4 Å². The summed E-state index contributed by atoms with van der Waals surface area (Å²) in [6, 6.07) is 17.1. The standard InChI is InChI=1S/C17H16N2O/c1-13-2-9-16(10-3-13)19-17(20)11-8-14-4-6-15(12-18)7-5-14/h2-7,9-10H,8,11H2,1H3,(H,19,20). The van der Waals surface area contributed by atoms with Crippen LogP contribution in [0.15, 0.2) is 48.5 Å². The minimum atomic E-state index is -0.00165. The quantitative estimate of drug-likeness (QED) is 0.919. The number of hydrogen-bond acceptors (Lipinski definition) is 2. The van der Waals surface area contributed by atoms with Gasteiger partial charge in [0.2, 0.25) is 5.91 Å². The number of benzene rings is 2.